The second kappa shape index (κ2) is 7.61. The van der Waals surface area contributed by atoms with Gasteiger partial charge in [-0.2, -0.15) is 0 Å². The van der Waals surface area contributed by atoms with Crippen LogP contribution in [0.15, 0.2) is 54.1 Å². The number of hydrogen-bond donors (Lipinski definition) is 2. The molecule has 1 aliphatic rings. The van der Waals surface area contributed by atoms with Gasteiger partial charge >= 0.3 is 0 Å². The molecule has 1 unspecified atom stereocenters. The van der Waals surface area contributed by atoms with Crippen LogP contribution < -0.4 is 15.8 Å². The van der Waals surface area contributed by atoms with Crippen molar-refractivity contribution in [3.8, 4) is 5.75 Å². The molecule has 0 saturated carbocycles. The number of ether oxygens (including phenoxy) is 1. The number of rotatable bonds is 6. The van der Waals surface area contributed by atoms with E-state index in [9.17, 15) is 4.79 Å². The summed E-state index contributed by atoms with van der Waals surface area (Å²) in [5.74, 6) is 0.838. The van der Waals surface area contributed by atoms with Crippen LogP contribution >= 0.6 is 11.8 Å². The summed E-state index contributed by atoms with van der Waals surface area (Å²) in [5.41, 5.74) is 7.10. The van der Waals surface area contributed by atoms with Gasteiger partial charge in [0.25, 0.3) is 5.91 Å². The van der Waals surface area contributed by atoms with Crippen molar-refractivity contribution in [2.24, 2.45) is 0 Å². The maximum Gasteiger partial charge on any atom is 0.255 e. The van der Waals surface area contributed by atoms with Crippen molar-refractivity contribution in [2.45, 2.75) is 31.2 Å². The van der Waals surface area contributed by atoms with E-state index >= 15 is 0 Å². The van der Waals surface area contributed by atoms with Gasteiger partial charge in [-0.25, -0.2) is 4.98 Å². The van der Waals surface area contributed by atoms with Crippen molar-refractivity contribution in [2.75, 3.05) is 5.73 Å². The molecule has 25 heavy (non-hydrogen) atoms. The summed E-state index contributed by atoms with van der Waals surface area (Å²) in [5, 5.41) is 4.95. The molecular weight excluding hydrogens is 334 g/mol. The monoisotopic (exact) mass is 355 g/mol. The van der Waals surface area contributed by atoms with Gasteiger partial charge in [0.15, 0.2) is 4.93 Å². The molecule has 0 spiro atoms. The molecule has 1 aliphatic heterocycles. The first-order chi connectivity index (χ1) is 12.1. The Kier molecular flexibility index (Phi) is 5.28. The molecule has 1 aromatic heterocycles. The Morgan fingerprint density at radius 1 is 1.36 bits per heavy atom. The van der Waals surface area contributed by atoms with Gasteiger partial charge in [-0.1, -0.05) is 36.9 Å². The molecule has 1 amide bonds. The average Bonchev–Trinajstić information content (AvgIpc) is 3.10. The van der Waals surface area contributed by atoms with E-state index in [0.717, 1.165) is 24.2 Å². The minimum atomic E-state index is -0.232. The van der Waals surface area contributed by atoms with Gasteiger partial charge in [-0.3, -0.25) is 4.79 Å². The number of nitrogens with two attached hydrogens (primary N) is 1. The van der Waals surface area contributed by atoms with E-state index in [2.05, 4.69) is 28.7 Å². The second-order valence-electron chi connectivity index (χ2n) is 5.82. The van der Waals surface area contributed by atoms with Crippen LogP contribution in [0, 0.1) is 0 Å². The molecule has 1 aromatic carbocycles. The molecule has 0 fully saturated rings. The van der Waals surface area contributed by atoms with Crippen molar-refractivity contribution in [3.05, 3.63) is 65.2 Å². The number of benzene rings is 1. The van der Waals surface area contributed by atoms with Crippen LogP contribution in [-0.4, -0.2) is 15.8 Å². The third-order valence-corrected chi connectivity index (χ3v) is 5.41. The molecule has 6 heteroatoms. The number of thioether (sulfide) groups is 1. The highest BCUT2D eigenvalue weighted by Crippen LogP contribution is 2.40. The summed E-state index contributed by atoms with van der Waals surface area (Å²) in [6, 6.07) is 11.1. The molecular formula is C19H21N3O2S. The van der Waals surface area contributed by atoms with Crippen molar-refractivity contribution in [1.82, 2.24) is 10.3 Å². The Labute approximate surface area is 151 Å². The largest absolute Gasteiger partial charge is 0.476 e. The lowest BCUT2D eigenvalue weighted by atomic mass is 10.1. The van der Waals surface area contributed by atoms with Crippen LogP contribution in [0.4, 0.5) is 5.82 Å². The molecule has 2 heterocycles. The lowest BCUT2D eigenvalue weighted by Gasteiger charge is -2.28. The Morgan fingerprint density at radius 3 is 2.80 bits per heavy atom. The van der Waals surface area contributed by atoms with Gasteiger partial charge in [0.2, 0.25) is 0 Å². The predicted octanol–water partition coefficient (Wildman–Crippen LogP) is 3.73. The molecule has 3 rings (SSSR count). The number of carbonyl (C=O) groups is 1. The zero-order valence-electron chi connectivity index (χ0n) is 14.1. The van der Waals surface area contributed by atoms with Crippen LogP contribution in [0.3, 0.4) is 0 Å². The van der Waals surface area contributed by atoms with E-state index in [1.165, 1.54) is 0 Å². The second-order valence-corrected chi connectivity index (χ2v) is 7.07. The molecule has 5 nitrogen and oxygen atoms in total. The minimum Gasteiger partial charge on any atom is -0.476 e. The summed E-state index contributed by atoms with van der Waals surface area (Å²) in [6.45, 7) is 2.55. The van der Waals surface area contributed by atoms with Gasteiger partial charge in [-0.05, 0) is 41.7 Å². The topological polar surface area (TPSA) is 77.2 Å². The number of carbonyl (C=O) groups excluding carboxylic acids is 1. The zero-order chi connectivity index (χ0) is 17.7. The molecule has 0 radical (unpaired) electrons. The van der Waals surface area contributed by atoms with Crippen molar-refractivity contribution in [1.29, 1.82) is 0 Å². The van der Waals surface area contributed by atoms with Crippen LogP contribution in [0.5, 0.6) is 5.75 Å². The summed E-state index contributed by atoms with van der Waals surface area (Å²) < 4.78 is 6.17. The Morgan fingerprint density at radius 2 is 2.16 bits per heavy atom. The van der Waals surface area contributed by atoms with E-state index in [4.69, 9.17) is 10.5 Å². The van der Waals surface area contributed by atoms with Crippen molar-refractivity contribution < 1.29 is 9.53 Å². The van der Waals surface area contributed by atoms with Crippen LogP contribution in [0.1, 0.15) is 35.7 Å². The number of nitrogen functional groups attached to an aromatic ring is 1. The fraction of sp³-hybridized carbons (Fsp3) is 0.263. The van der Waals surface area contributed by atoms with Gasteiger partial charge in [-0.15, -0.1) is 0 Å². The number of nitrogens with zero attached hydrogens (tertiary/aromatic N) is 1. The normalized spacial score (nSPS) is 18.9. The van der Waals surface area contributed by atoms with E-state index in [1.54, 1.807) is 30.1 Å². The number of aromatic nitrogens is 1. The molecule has 130 valence electrons. The molecule has 0 saturated heterocycles. The highest BCUT2D eigenvalue weighted by Gasteiger charge is 2.32. The third kappa shape index (κ3) is 4.14. The zero-order valence-corrected chi connectivity index (χ0v) is 14.9. The smallest absolute Gasteiger partial charge is 0.255 e. The van der Waals surface area contributed by atoms with E-state index in [-0.39, 0.29) is 16.7 Å². The molecule has 3 N–H and O–H groups in total. The molecule has 0 aliphatic carbocycles. The number of anilines is 1. The van der Waals surface area contributed by atoms with Crippen LogP contribution in [0.25, 0.3) is 0 Å². The maximum atomic E-state index is 12.2. The highest BCUT2D eigenvalue weighted by molar-refractivity contribution is 8.03. The first kappa shape index (κ1) is 17.4. The van der Waals surface area contributed by atoms with Gasteiger partial charge < -0.3 is 15.8 Å². The van der Waals surface area contributed by atoms with E-state index in [1.807, 2.05) is 24.3 Å². The maximum absolute atomic E-state index is 12.2. The average molecular weight is 355 g/mol. The molecule has 0 bridgehead atoms. The molecule has 2 aromatic rings. The summed E-state index contributed by atoms with van der Waals surface area (Å²) in [4.78, 5) is 15.9. The Bertz CT molecular complexity index is 766. The number of amides is 1. The first-order valence-corrected chi connectivity index (χ1v) is 9.09. The fourth-order valence-corrected chi connectivity index (χ4v) is 3.53. The minimum absolute atomic E-state index is 0.187. The lowest BCUT2D eigenvalue weighted by Crippen LogP contribution is -2.28. The molecule has 1 atom stereocenters. The van der Waals surface area contributed by atoms with E-state index in [0.29, 0.717) is 12.1 Å². The summed E-state index contributed by atoms with van der Waals surface area (Å²) in [7, 11) is 0. The Balaban J connectivity index is 1.58. The van der Waals surface area contributed by atoms with Crippen molar-refractivity contribution >= 4 is 23.5 Å². The van der Waals surface area contributed by atoms with Gasteiger partial charge in [0.05, 0.1) is 5.56 Å². The number of hydrogen-bond acceptors (Lipinski definition) is 5. The summed E-state index contributed by atoms with van der Waals surface area (Å²) in [6.07, 6.45) is 5.56. The standard InChI is InChI=1S/C19H21N3O2S/c1-2-19(10-4-12-25-19)24-15-8-6-14(7-9-15)13-22-18(23)16-5-3-11-21-17(16)20/h3-9,11-12H,2,10,13H2,1H3,(H2,20,21)(H,22,23). The van der Waals surface area contributed by atoms with Gasteiger partial charge in [0, 0.05) is 19.2 Å². The number of pyridine rings is 1. The number of nitrogens with one attached hydrogen (secondary N) is 1. The van der Waals surface area contributed by atoms with Crippen LogP contribution in [0.2, 0.25) is 0 Å². The fourth-order valence-electron chi connectivity index (χ4n) is 2.59. The Hall–Kier alpha value is -2.47. The highest BCUT2D eigenvalue weighted by atomic mass is 32.2. The first-order valence-electron chi connectivity index (χ1n) is 8.21. The quantitative estimate of drug-likeness (QED) is 0.825. The lowest BCUT2D eigenvalue weighted by molar-refractivity contribution is 0.0951. The van der Waals surface area contributed by atoms with Crippen LogP contribution in [-0.2, 0) is 6.54 Å². The summed E-state index contributed by atoms with van der Waals surface area (Å²) >= 11 is 1.72. The third-order valence-electron chi connectivity index (χ3n) is 4.11. The van der Waals surface area contributed by atoms with Crippen molar-refractivity contribution in [3.63, 3.8) is 0 Å². The SMILES string of the molecule is CCC1(Oc2ccc(CNC(=O)c3cccnc3N)cc2)CC=CS1. The predicted molar refractivity (Wildman–Crippen MR) is 101 cm³/mol. The van der Waals surface area contributed by atoms with Gasteiger partial charge in [0.1, 0.15) is 11.6 Å². The van der Waals surface area contributed by atoms with E-state index < -0.39 is 0 Å².